The van der Waals surface area contributed by atoms with E-state index in [2.05, 4.69) is 0 Å². The maximum Gasteiger partial charge on any atom is 0.170 e. The van der Waals surface area contributed by atoms with E-state index < -0.39 is 6.10 Å². The minimum atomic E-state index is -0.598. The third-order valence-electron chi connectivity index (χ3n) is 3.59. The molecule has 0 amide bonds. The maximum absolute atomic E-state index is 12.3. The van der Waals surface area contributed by atoms with Crippen molar-refractivity contribution < 1.29 is 29.6 Å². The molecule has 22 heavy (non-hydrogen) atoms. The molecule has 0 radical (unpaired) electrons. The molecule has 0 spiro atoms. The lowest BCUT2D eigenvalue weighted by molar-refractivity contribution is 0.0848. The Labute approximate surface area is 126 Å². The summed E-state index contributed by atoms with van der Waals surface area (Å²) >= 11 is 0. The number of aromatic hydroxyl groups is 3. The number of phenols is 3. The number of methoxy groups -OCH3 is 1. The Hall–Kier alpha value is -2.89. The lowest BCUT2D eigenvalue weighted by atomic mass is 9.95. The molecule has 2 aromatic rings. The number of phenolic OH excluding ortho intramolecular Hbond substituents is 3. The standard InChI is InChI=1S/C16H14O6/c1-21-16-5-9-11(18)6-14(22-15(9)7-13(16)20)8-2-3-10(17)12(19)4-8/h2-5,7,14,17,19-20H,6H2,1H3/t14-/m1/s1. The van der Waals surface area contributed by atoms with Gasteiger partial charge in [-0.3, -0.25) is 4.79 Å². The Morgan fingerprint density at radius 2 is 1.86 bits per heavy atom. The average molecular weight is 302 g/mol. The van der Waals surface area contributed by atoms with E-state index in [0.29, 0.717) is 11.1 Å². The van der Waals surface area contributed by atoms with Crippen LogP contribution in [0.1, 0.15) is 28.4 Å². The van der Waals surface area contributed by atoms with Gasteiger partial charge in [0.05, 0.1) is 19.1 Å². The molecule has 1 aliphatic heterocycles. The zero-order valence-corrected chi connectivity index (χ0v) is 11.7. The van der Waals surface area contributed by atoms with E-state index in [0.717, 1.165) is 0 Å². The van der Waals surface area contributed by atoms with Crippen molar-refractivity contribution in [2.24, 2.45) is 0 Å². The number of carbonyl (C=O) groups is 1. The van der Waals surface area contributed by atoms with Crippen LogP contribution < -0.4 is 9.47 Å². The number of fused-ring (bicyclic) bond motifs is 1. The van der Waals surface area contributed by atoms with Crippen LogP contribution in [0.25, 0.3) is 0 Å². The van der Waals surface area contributed by atoms with Crippen LogP contribution >= 0.6 is 0 Å². The molecule has 1 atom stereocenters. The average Bonchev–Trinajstić information content (AvgIpc) is 2.49. The summed E-state index contributed by atoms with van der Waals surface area (Å²) in [5.41, 5.74) is 0.901. The van der Waals surface area contributed by atoms with Gasteiger partial charge in [0.2, 0.25) is 0 Å². The minimum absolute atomic E-state index is 0.0884. The van der Waals surface area contributed by atoms with Gasteiger partial charge in [0, 0.05) is 6.07 Å². The second kappa shape index (κ2) is 5.14. The molecule has 0 saturated carbocycles. The number of ether oxygens (including phenoxy) is 2. The molecule has 0 unspecified atom stereocenters. The lowest BCUT2D eigenvalue weighted by Crippen LogP contribution is -2.20. The summed E-state index contributed by atoms with van der Waals surface area (Å²) < 4.78 is 10.7. The first-order valence-electron chi connectivity index (χ1n) is 6.62. The van der Waals surface area contributed by atoms with Gasteiger partial charge in [0.25, 0.3) is 0 Å². The molecule has 1 aliphatic rings. The highest BCUT2D eigenvalue weighted by Gasteiger charge is 2.29. The second-order valence-electron chi connectivity index (χ2n) is 5.00. The Morgan fingerprint density at radius 3 is 2.55 bits per heavy atom. The smallest absolute Gasteiger partial charge is 0.170 e. The van der Waals surface area contributed by atoms with Gasteiger partial charge >= 0.3 is 0 Å². The molecule has 6 nitrogen and oxygen atoms in total. The van der Waals surface area contributed by atoms with E-state index in [1.807, 2.05) is 0 Å². The van der Waals surface area contributed by atoms with Crippen molar-refractivity contribution in [1.29, 1.82) is 0 Å². The number of Topliss-reactive ketones (excluding diaryl/α,β-unsaturated/α-hetero) is 1. The summed E-state index contributed by atoms with van der Waals surface area (Å²) in [4.78, 5) is 12.3. The largest absolute Gasteiger partial charge is 0.504 e. The highest BCUT2D eigenvalue weighted by molar-refractivity contribution is 6.00. The molecule has 6 heteroatoms. The van der Waals surface area contributed by atoms with E-state index in [9.17, 15) is 20.1 Å². The quantitative estimate of drug-likeness (QED) is 0.738. The van der Waals surface area contributed by atoms with Gasteiger partial charge in [-0.1, -0.05) is 6.07 Å². The lowest BCUT2D eigenvalue weighted by Gasteiger charge is -2.26. The van der Waals surface area contributed by atoms with Crippen LogP contribution in [0.2, 0.25) is 0 Å². The van der Waals surface area contributed by atoms with E-state index >= 15 is 0 Å². The molecule has 0 aliphatic carbocycles. The van der Waals surface area contributed by atoms with Crippen molar-refractivity contribution in [3.05, 3.63) is 41.5 Å². The SMILES string of the molecule is COc1cc2c(cc1O)O[C@@H](c1ccc(O)c(O)c1)CC2=O. The molecule has 0 saturated heterocycles. The van der Waals surface area contributed by atoms with E-state index in [1.165, 1.54) is 31.4 Å². The molecular weight excluding hydrogens is 288 g/mol. The molecular formula is C16H14O6. The van der Waals surface area contributed by atoms with Crippen LogP contribution in [0.5, 0.6) is 28.7 Å². The number of hydrogen-bond acceptors (Lipinski definition) is 6. The zero-order valence-electron chi connectivity index (χ0n) is 11.7. The predicted molar refractivity (Wildman–Crippen MR) is 76.7 cm³/mol. The summed E-state index contributed by atoms with van der Waals surface area (Å²) in [6.45, 7) is 0. The minimum Gasteiger partial charge on any atom is -0.504 e. The summed E-state index contributed by atoms with van der Waals surface area (Å²) in [6.07, 6.45) is -0.509. The molecule has 3 N–H and O–H groups in total. The van der Waals surface area contributed by atoms with Crippen molar-refractivity contribution in [1.82, 2.24) is 0 Å². The number of ketones is 1. The van der Waals surface area contributed by atoms with Crippen molar-refractivity contribution in [2.75, 3.05) is 7.11 Å². The highest BCUT2D eigenvalue weighted by atomic mass is 16.5. The molecule has 0 bridgehead atoms. The number of benzene rings is 2. The van der Waals surface area contributed by atoms with Gasteiger partial charge in [-0.2, -0.15) is 0 Å². The van der Waals surface area contributed by atoms with Crippen molar-refractivity contribution in [2.45, 2.75) is 12.5 Å². The van der Waals surface area contributed by atoms with Crippen molar-refractivity contribution in [3.63, 3.8) is 0 Å². The van der Waals surface area contributed by atoms with E-state index in [-0.39, 0.29) is 41.0 Å². The van der Waals surface area contributed by atoms with Crippen LogP contribution in [0.15, 0.2) is 30.3 Å². The summed E-state index contributed by atoms with van der Waals surface area (Å²) in [5.74, 6) is -0.338. The number of carbonyl (C=O) groups excluding carboxylic acids is 1. The molecule has 114 valence electrons. The van der Waals surface area contributed by atoms with Gasteiger partial charge in [-0.15, -0.1) is 0 Å². The third kappa shape index (κ3) is 2.28. The van der Waals surface area contributed by atoms with E-state index in [4.69, 9.17) is 9.47 Å². The fourth-order valence-electron chi connectivity index (χ4n) is 2.43. The molecule has 3 rings (SSSR count). The topological polar surface area (TPSA) is 96.2 Å². The first-order chi connectivity index (χ1) is 10.5. The maximum atomic E-state index is 12.3. The molecule has 0 aromatic heterocycles. The third-order valence-corrected chi connectivity index (χ3v) is 3.59. The van der Waals surface area contributed by atoms with Gasteiger partial charge in [0.15, 0.2) is 28.8 Å². The summed E-state index contributed by atoms with van der Waals surface area (Å²) in [5, 5.41) is 28.7. The zero-order chi connectivity index (χ0) is 15.9. The van der Waals surface area contributed by atoms with Crippen LogP contribution in [-0.4, -0.2) is 28.2 Å². The number of hydrogen-bond donors (Lipinski definition) is 3. The van der Waals surface area contributed by atoms with Crippen LogP contribution in [0.4, 0.5) is 0 Å². The Bertz CT molecular complexity index is 753. The fraction of sp³-hybridized carbons (Fsp3) is 0.188. The first-order valence-corrected chi connectivity index (χ1v) is 6.62. The molecule has 1 heterocycles. The first kappa shape index (κ1) is 14.1. The van der Waals surface area contributed by atoms with Gasteiger partial charge < -0.3 is 24.8 Å². The monoisotopic (exact) mass is 302 g/mol. The van der Waals surface area contributed by atoms with Gasteiger partial charge in [0.1, 0.15) is 11.9 Å². The van der Waals surface area contributed by atoms with Crippen molar-refractivity contribution in [3.8, 4) is 28.7 Å². The summed E-state index contributed by atoms with van der Waals surface area (Å²) in [6, 6.07) is 7.03. The Balaban J connectivity index is 1.98. The van der Waals surface area contributed by atoms with Crippen LogP contribution in [0.3, 0.4) is 0 Å². The van der Waals surface area contributed by atoms with Crippen LogP contribution in [-0.2, 0) is 0 Å². The van der Waals surface area contributed by atoms with E-state index in [1.54, 1.807) is 6.07 Å². The van der Waals surface area contributed by atoms with Gasteiger partial charge in [-0.05, 0) is 23.8 Å². The second-order valence-corrected chi connectivity index (χ2v) is 5.00. The summed E-state index contributed by atoms with van der Waals surface area (Å²) in [7, 11) is 1.40. The Morgan fingerprint density at radius 1 is 1.09 bits per heavy atom. The molecule has 0 fully saturated rings. The van der Waals surface area contributed by atoms with Gasteiger partial charge in [-0.25, -0.2) is 0 Å². The van der Waals surface area contributed by atoms with Crippen molar-refractivity contribution >= 4 is 5.78 Å². The predicted octanol–water partition coefficient (Wildman–Crippen LogP) is 2.52. The molecule has 2 aromatic carbocycles. The number of rotatable bonds is 2. The highest BCUT2D eigenvalue weighted by Crippen LogP contribution is 2.41. The normalized spacial score (nSPS) is 16.8. The van der Waals surface area contributed by atoms with Crippen LogP contribution in [0, 0.1) is 0 Å². The fourth-order valence-corrected chi connectivity index (χ4v) is 2.43. The Kier molecular flexibility index (Phi) is 3.29.